The highest BCUT2D eigenvalue weighted by Gasteiger charge is 2.23. The number of carbonyl (C=O) groups excluding carboxylic acids is 1. The van der Waals surface area contributed by atoms with Crippen LogP contribution in [-0.2, 0) is 24.3 Å². The van der Waals surface area contributed by atoms with Gasteiger partial charge in [-0.1, -0.05) is 6.07 Å². The molecule has 2 aliphatic rings. The summed E-state index contributed by atoms with van der Waals surface area (Å²) in [4.78, 5) is 14.3. The fourth-order valence-corrected chi connectivity index (χ4v) is 3.02. The molecule has 0 saturated carbocycles. The van der Waals surface area contributed by atoms with Crippen molar-refractivity contribution in [2.75, 3.05) is 13.3 Å². The summed E-state index contributed by atoms with van der Waals surface area (Å²) in [6, 6.07) is 5.83. The van der Waals surface area contributed by atoms with Crippen molar-refractivity contribution < 1.29 is 14.3 Å². The van der Waals surface area contributed by atoms with Crippen LogP contribution in [0.2, 0.25) is 0 Å². The van der Waals surface area contributed by atoms with Crippen LogP contribution in [0.25, 0.3) is 0 Å². The molecule has 0 radical (unpaired) electrons. The summed E-state index contributed by atoms with van der Waals surface area (Å²) in [6.07, 6.45) is 1.17. The van der Waals surface area contributed by atoms with Gasteiger partial charge in [0, 0.05) is 19.5 Å². The largest absolute Gasteiger partial charge is 0.454 e. The van der Waals surface area contributed by atoms with E-state index < -0.39 is 0 Å². The van der Waals surface area contributed by atoms with Crippen molar-refractivity contribution in [3.05, 3.63) is 35.4 Å². The molecule has 0 aliphatic carbocycles. The van der Waals surface area contributed by atoms with Crippen LogP contribution in [-0.4, -0.2) is 38.9 Å². The van der Waals surface area contributed by atoms with Gasteiger partial charge in [0.1, 0.15) is 5.82 Å². The monoisotopic (exact) mass is 314 g/mol. The van der Waals surface area contributed by atoms with Gasteiger partial charge < -0.3 is 18.9 Å². The number of rotatable bonds is 3. The van der Waals surface area contributed by atoms with Gasteiger partial charge in [-0.05, 0) is 31.0 Å². The summed E-state index contributed by atoms with van der Waals surface area (Å²) in [5.74, 6) is 3.45. The van der Waals surface area contributed by atoms with E-state index in [-0.39, 0.29) is 12.7 Å². The number of benzene rings is 1. The summed E-state index contributed by atoms with van der Waals surface area (Å²) in [5.41, 5.74) is 1.08. The third kappa shape index (κ3) is 2.62. The topological polar surface area (TPSA) is 69.5 Å². The average Bonchev–Trinajstić information content (AvgIpc) is 3.18. The molecule has 120 valence electrons. The molecule has 0 fully saturated rings. The molecule has 0 unspecified atom stereocenters. The number of ether oxygens (including phenoxy) is 2. The van der Waals surface area contributed by atoms with Gasteiger partial charge in [0.15, 0.2) is 17.3 Å². The first-order valence-electron chi connectivity index (χ1n) is 7.76. The minimum Gasteiger partial charge on any atom is -0.454 e. The molecular weight excluding hydrogens is 296 g/mol. The Hall–Kier alpha value is -2.57. The van der Waals surface area contributed by atoms with Crippen molar-refractivity contribution >= 4 is 5.91 Å². The molecule has 1 aromatic heterocycles. The lowest BCUT2D eigenvalue weighted by Crippen LogP contribution is -2.38. The van der Waals surface area contributed by atoms with E-state index in [1.54, 1.807) is 0 Å². The Morgan fingerprint density at radius 2 is 2.09 bits per heavy atom. The van der Waals surface area contributed by atoms with E-state index in [1.165, 1.54) is 0 Å². The fourth-order valence-electron chi connectivity index (χ4n) is 3.02. The number of carbonyl (C=O) groups is 1. The summed E-state index contributed by atoms with van der Waals surface area (Å²) < 4.78 is 12.7. The van der Waals surface area contributed by atoms with Gasteiger partial charge in [-0.25, -0.2) is 0 Å². The summed E-state index contributed by atoms with van der Waals surface area (Å²) >= 11 is 0. The molecule has 0 bridgehead atoms. The quantitative estimate of drug-likeness (QED) is 0.854. The number of amides is 1. The molecule has 0 saturated heterocycles. The van der Waals surface area contributed by atoms with Crippen molar-refractivity contribution in [2.45, 2.75) is 32.9 Å². The highest BCUT2D eigenvalue weighted by Crippen LogP contribution is 2.32. The average molecular weight is 314 g/mol. The second-order valence-electron chi connectivity index (χ2n) is 5.82. The molecule has 2 aliphatic heterocycles. The zero-order valence-corrected chi connectivity index (χ0v) is 13.0. The van der Waals surface area contributed by atoms with E-state index in [0.29, 0.717) is 25.9 Å². The summed E-state index contributed by atoms with van der Waals surface area (Å²) in [6.45, 7) is 4.23. The minimum atomic E-state index is 0.148. The Morgan fingerprint density at radius 1 is 1.22 bits per heavy atom. The lowest BCUT2D eigenvalue weighted by Gasteiger charge is -2.27. The van der Waals surface area contributed by atoms with Crippen LogP contribution < -0.4 is 9.47 Å². The van der Waals surface area contributed by atoms with Gasteiger partial charge in [-0.3, -0.25) is 4.79 Å². The number of aryl methyl sites for hydroxylation is 2. The van der Waals surface area contributed by atoms with Crippen LogP contribution >= 0.6 is 0 Å². The standard InChI is InChI=1S/C16H18N4O3/c1-11-17-18-15-9-19(6-7-20(11)15)16(21)5-3-12-2-4-13-14(8-12)23-10-22-13/h2,4,8H,3,5-7,9-10H2,1H3. The van der Waals surface area contributed by atoms with Crippen LogP contribution in [0.5, 0.6) is 11.5 Å². The fraction of sp³-hybridized carbons (Fsp3) is 0.438. The van der Waals surface area contributed by atoms with E-state index in [1.807, 2.05) is 30.0 Å². The van der Waals surface area contributed by atoms with E-state index in [2.05, 4.69) is 14.8 Å². The van der Waals surface area contributed by atoms with Gasteiger partial charge in [-0.15, -0.1) is 10.2 Å². The van der Waals surface area contributed by atoms with Crippen molar-refractivity contribution in [1.29, 1.82) is 0 Å². The third-order valence-electron chi connectivity index (χ3n) is 4.36. The van der Waals surface area contributed by atoms with E-state index >= 15 is 0 Å². The third-order valence-corrected chi connectivity index (χ3v) is 4.36. The molecule has 23 heavy (non-hydrogen) atoms. The Morgan fingerprint density at radius 3 is 3.00 bits per heavy atom. The SMILES string of the molecule is Cc1nnc2n1CCN(C(=O)CCc1ccc3c(c1)OCO3)C2. The first-order chi connectivity index (χ1) is 11.2. The maximum absolute atomic E-state index is 12.4. The first-order valence-corrected chi connectivity index (χ1v) is 7.76. The predicted molar refractivity (Wildman–Crippen MR) is 81.1 cm³/mol. The molecule has 0 N–H and O–H groups in total. The highest BCUT2D eigenvalue weighted by molar-refractivity contribution is 5.76. The lowest BCUT2D eigenvalue weighted by molar-refractivity contribution is -0.132. The number of nitrogens with zero attached hydrogens (tertiary/aromatic N) is 4. The van der Waals surface area contributed by atoms with Crippen LogP contribution in [0.4, 0.5) is 0 Å². The molecule has 0 atom stereocenters. The van der Waals surface area contributed by atoms with E-state index in [0.717, 1.165) is 35.3 Å². The number of aromatic nitrogens is 3. The van der Waals surface area contributed by atoms with Gasteiger partial charge in [0.05, 0.1) is 6.54 Å². The van der Waals surface area contributed by atoms with Gasteiger partial charge in [0.2, 0.25) is 12.7 Å². The smallest absolute Gasteiger partial charge is 0.231 e. The van der Waals surface area contributed by atoms with Crippen molar-refractivity contribution in [3.63, 3.8) is 0 Å². The Bertz CT molecular complexity index is 756. The molecule has 7 heteroatoms. The first kappa shape index (κ1) is 14.0. The second kappa shape index (κ2) is 5.57. The second-order valence-corrected chi connectivity index (χ2v) is 5.82. The van der Waals surface area contributed by atoms with Crippen molar-refractivity contribution in [3.8, 4) is 11.5 Å². The zero-order valence-electron chi connectivity index (χ0n) is 13.0. The van der Waals surface area contributed by atoms with Gasteiger partial charge in [-0.2, -0.15) is 0 Å². The lowest BCUT2D eigenvalue weighted by atomic mass is 10.1. The Kier molecular flexibility index (Phi) is 3.40. The van der Waals surface area contributed by atoms with Gasteiger partial charge in [0.25, 0.3) is 0 Å². The zero-order chi connectivity index (χ0) is 15.8. The molecule has 1 aromatic carbocycles. The van der Waals surface area contributed by atoms with Crippen LogP contribution in [0, 0.1) is 6.92 Å². The highest BCUT2D eigenvalue weighted by atomic mass is 16.7. The molecule has 3 heterocycles. The van der Waals surface area contributed by atoms with Crippen LogP contribution in [0.1, 0.15) is 23.6 Å². The van der Waals surface area contributed by atoms with Crippen LogP contribution in [0.15, 0.2) is 18.2 Å². The number of hydrogen-bond donors (Lipinski definition) is 0. The van der Waals surface area contributed by atoms with E-state index in [4.69, 9.17) is 9.47 Å². The molecular formula is C16H18N4O3. The molecule has 1 amide bonds. The predicted octanol–water partition coefficient (Wildman–Crippen LogP) is 1.29. The Labute approximate surface area is 133 Å². The number of fused-ring (bicyclic) bond motifs is 2. The van der Waals surface area contributed by atoms with E-state index in [9.17, 15) is 4.79 Å². The summed E-state index contributed by atoms with van der Waals surface area (Å²) in [5, 5.41) is 8.20. The molecule has 0 spiro atoms. The molecule has 4 rings (SSSR count). The van der Waals surface area contributed by atoms with Gasteiger partial charge >= 0.3 is 0 Å². The van der Waals surface area contributed by atoms with Crippen molar-refractivity contribution in [1.82, 2.24) is 19.7 Å². The van der Waals surface area contributed by atoms with Crippen molar-refractivity contribution in [2.24, 2.45) is 0 Å². The maximum atomic E-state index is 12.4. The molecule has 7 nitrogen and oxygen atoms in total. The summed E-state index contributed by atoms with van der Waals surface area (Å²) in [7, 11) is 0. The number of hydrogen-bond acceptors (Lipinski definition) is 5. The van der Waals surface area contributed by atoms with Crippen LogP contribution in [0.3, 0.4) is 0 Å². The Balaban J connectivity index is 1.37. The minimum absolute atomic E-state index is 0.148. The molecule has 2 aromatic rings. The normalized spacial score (nSPS) is 15.6. The maximum Gasteiger partial charge on any atom is 0.231 e.